The molecule has 2 rings (SSSR count). The van der Waals surface area contributed by atoms with Gasteiger partial charge in [-0.05, 0) is 23.3 Å². The van der Waals surface area contributed by atoms with Crippen molar-refractivity contribution in [3.8, 4) is 0 Å². The lowest BCUT2D eigenvalue weighted by Crippen LogP contribution is -2.42. The van der Waals surface area contributed by atoms with Crippen LogP contribution in [0, 0.1) is 0 Å². The van der Waals surface area contributed by atoms with Gasteiger partial charge in [0.15, 0.2) is 0 Å². The minimum atomic E-state index is -4.87. The highest BCUT2D eigenvalue weighted by molar-refractivity contribution is 6.03. The molecule has 0 bridgehead atoms. The quantitative estimate of drug-likeness (QED) is 0.418. The molecule has 0 aliphatic heterocycles. The van der Waals surface area contributed by atoms with E-state index in [-0.39, 0.29) is 0 Å². The Morgan fingerprint density at radius 3 is 1.50 bits per heavy atom. The molecule has 0 amide bonds. The summed E-state index contributed by atoms with van der Waals surface area (Å²) in [5, 5.41) is 10.0. The summed E-state index contributed by atoms with van der Waals surface area (Å²) in [5.41, 5.74) is -7.36. The van der Waals surface area contributed by atoms with Crippen molar-refractivity contribution in [3.63, 3.8) is 0 Å². The standard InChI is InChI=1S/C20H14F6O4/c1-11(16(27)30-2)18(17(28)29,12-5-3-7-14(9-12)19(21,22)23)13-6-4-8-15(10-13)20(24,25)26/h3-10H,1H2,2H3,(H,28,29). The molecule has 0 heterocycles. The minimum Gasteiger partial charge on any atom is -0.480 e. The predicted molar refractivity (Wildman–Crippen MR) is 92.5 cm³/mol. The molecule has 0 saturated heterocycles. The van der Waals surface area contributed by atoms with Gasteiger partial charge in [-0.25, -0.2) is 4.79 Å². The van der Waals surface area contributed by atoms with Crippen molar-refractivity contribution >= 4 is 11.9 Å². The number of benzene rings is 2. The largest absolute Gasteiger partial charge is 0.480 e. The van der Waals surface area contributed by atoms with Crippen LogP contribution in [0.15, 0.2) is 60.7 Å². The van der Waals surface area contributed by atoms with Crippen LogP contribution >= 0.6 is 0 Å². The van der Waals surface area contributed by atoms with Gasteiger partial charge < -0.3 is 9.84 Å². The van der Waals surface area contributed by atoms with E-state index in [0.29, 0.717) is 24.3 Å². The molecule has 0 spiro atoms. The van der Waals surface area contributed by atoms with E-state index in [0.717, 1.165) is 31.4 Å². The molecule has 30 heavy (non-hydrogen) atoms. The zero-order valence-electron chi connectivity index (χ0n) is 15.3. The van der Waals surface area contributed by atoms with Gasteiger partial charge in [-0.1, -0.05) is 43.0 Å². The number of carboxylic acid groups (broad SMARTS) is 1. The van der Waals surface area contributed by atoms with Crippen LogP contribution in [0.4, 0.5) is 26.3 Å². The van der Waals surface area contributed by atoms with Gasteiger partial charge in [0.05, 0.1) is 23.8 Å². The van der Waals surface area contributed by atoms with Crippen molar-refractivity contribution in [1.29, 1.82) is 0 Å². The Morgan fingerprint density at radius 1 is 0.833 bits per heavy atom. The molecule has 160 valence electrons. The average molecular weight is 432 g/mol. The number of rotatable bonds is 5. The van der Waals surface area contributed by atoms with Crippen LogP contribution in [-0.4, -0.2) is 24.2 Å². The summed E-state index contributed by atoms with van der Waals surface area (Å²) in [6.07, 6.45) is -9.75. The van der Waals surface area contributed by atoms with E-state index in [1.54, 1.807) is 0 Å². The smallest absolute Gasteiger partial charge is 0.416 e. The molecule has 0 fully saturated rings. The van der Waals surface area contributed by atoms with Crippen LogP contribution in [0.3, 0.4) is 0 Å². The SMILES string of the molecule is C=C(C(=O)OC)C(C(=O)O)(c1cccc(C(F)(F)F)c1)c1cccc(C(F)(F)F)c1. The van der Waals surface area contributed by atoms with Crippen LogP contribution in [0.2, 0.25) is 0 Å². The third-order valence-electron chi connectivity index (χ3n) is 4.45. The molecule has 0 radical (unpaired) electrons. The molecular weight excluding hydrogens is 418 g/mol. The molecule has 2 aromatic carbocycles. The number of ether oxygens (including phenoxy) is 1. The molecule has 10 heteroatoms. The summed E-state index contributed by atoms with van der Waals surface area (Å²) in [5.74, 6) is -3.22. The van der Waals surface area contributed by atoms with Gasteiger partial charge >= 0.3 is 24.3 Å². The van der Waals surface area contributed by atoms with Crippen molar-refractivity contribution < 1.29 is 45.8 Å². The van der Waals surface area contributed by atoms with Gasteiger partial charge in [0, 0.05) is 0 Å². The van der Waals surface area contributed by atoms with E-state index in [4.69, 9.17) is 0 Å². The Labute approximate surface area is 166 Å². The average Bonchev–Trinajstić information content (AvgIpc) is 2.66. The lowest BCUT2D eigenvalue weighted by molar-refractivity contribution is -0.145. The Hall–Kier alpha value is -3.30. The van der Waals surface area contributed by atoms with Crippen molar-refractivity contribution in [2.45, 2.75) is 17.8 Å². The van der Waals surface area contributed by atoms with E-state index < -0.39 is 57.5 Å². The Bertz CT molecular complexity index is 934. The fourth-order valence-electron chi connectivity index (χ4n) is 3.03. The van der Waals surface area contributed by atoms with Crippen LogP contribution in [0.1, 0.15) is 22.3 Å². The van der Waals surface area contributed by atoms with E-state index in [2.05, 4.69) is 11.3 Å². The van der Waals surface area contributed by atoms with Gasteiger partial charge in [-0.3, -0.25) is 4.79 Å². The highest BCUT2D eigenvalue weighted by Gasteiger charge is 2.49. The summed E-state index contributed by atoms with van der Waals surface area (Å²) in [6.45, 7) is 3.34. The first kappa shape index (κ1) is 23.0. The highest BCUT2D eigenvalue weighted by Crippen LogP contribution is 2.43. The van der Waals surface area contributed by atoms with Gasteiger partial charge in [0.25, 0.3) is 0 Å². The number of methoxy groups -OCH3 is 1. The third-order valence-corrected chi connectivity index (χ3v) is 4.45. The minimum absolute atomic E-state index is 0.447. The highest BCUT2D eigenvalue weighted by atomic mass is 19.4. The topological polar surface area (TPSA) is 63.6 Å². The van der Waals surface area contributed by atoms with E-state index in [9.17, 15) is 41.0 Å². The molecule has 0 unspecified atom stereocenters. The molecule has 4 nitrogen and oxygen atoms in total. The Morgan fingerprint density at radius 2 is 1.20 bits per heavy atom. The zero-order valence-corrected chi connectivity index (χ0v) is 15.3. The van der Waals surface area contributed by atoms with E-state index in [1.165, 1.54) is 0 Å². The Kier molecular flexibility index (Phi) is 6.01. The predicted octanol–water partition coefficient (Wildman–Crippen LogP) is 4.82. The van der Waals surface area contributed by atoms with Gasteiger partial charge in [0.2, 0.25) is 0 Å². The second-order valence-corrected chi connectivity index (χ2v) is 6.18. The first-order valence-corrected chi connectivity index (χ1v) is 8.12. The van der Waals surface area contributed by atoms with Crippen molar-refractivity contribution in [3.05, 3.63) is 82.9 Å². The first-order chi connectivity index (χ1) is 13.8. The summed E-state index contributed by atoms with van der Waals surface area (Å²) in [6, 6.07) is 5.88. The number of carbonyl (C=O) groups excluding carboxylic acids is 1. The maximum atomic E-state index is 13.2. The molecule has 0 saturated carbocycles. The third kappa shape index (κ3) is 4.03. The normalized spacial score (nSPS) is 12.4. The van der Waals surface area contributed by atoms with Crippen LogP contribution in [0.25, 0.3) is 0 Å². The number of esters is 1. The zero-order chi connectivity index (χ0) is 22.9. The summed E-state index contributed by atoms with van der Waals surface area (Å²) >= 11 is 0. The summed E-state index contributed by atoms with van der Waals surface area (Å²) in [4.78, 5) is 24.5. The van der Waals surface area contributed by atoms with Gasteiger partial charge in [-0.15, -0.1) is 0 Å². The monoisotopic (exact) mass is 432 g/mol. The summed E-state index contributed by atoms with van der Waals surface area (Å²) in [7, 11) is 0.873. The number of halogens is 6. The number of carbonyl (C=O) groups is 2. The fraction of sp³-hybridized carbons (Fsp3) is 0.200. The number of hydrogen-bond donors (Lipinski definition) is 1. The lowest BCUT2D eigenvalue weighted by Gasteiger charge is -2.32. The van der Waals surface area contributed by atoms with Crippen molar-refractivity contribution in [1.82, 2.24) is 0 Å². The Balaban J connectivity index is 2.95. The number of hydrogen-bond acceptors (Lipinski definition) is 3. The molecule has 0 aromatic heterocycles. The van der Waals surface area contributed by atoms with E-state index >= 15 is 0 Å². The van der Waals surface area contributed by atoms with Gasteiger partial charge in [0.1, 0.15) is 5.41 Å². The molecule has 0 aliphatic carbocycles. The van der Waals surface area contributed by atoms with E-state index in [1.807, 2.05) is 0 Å². The number of aliphatic carboxylic acids is 1. The lowest BCUT2D eigenvalue weighted by atomic mass is 9.68. The fourth-order valence-corrected chi connectivity index (χ4v) is 3.03. The summed E-state index contributed by atoms with van der Waals surface area (Å²) < 4.78 is 83.6. The maximum Gasteiger partial charge on any atom is 0.416 e. The second kappa shape index (κ2) is 7.85. The van der Waals surface area contributed by atoms with Crippen LogP contribution in [-0.2, 0) is 32.1 Å². The van der Waals surface area contributed by atoms with Crippen LogP contribution < -0.4 is 0 Å². The molecule has 2 aromatic rings. The second-order valence-electron chi connectivity index (χ2n) is 6.18. The van der Waals surface area contributed by atoms with Crippen LogP contribution in [0.5, 0.6) is 0 Å². The molecule has 0 aliphatic rings. The van der Waals surface area contributed by atoms with Crippen molar-refractivity contribution in [2.24, 2.45) is 0 Å². The maximum absolute atomic E-state index is 13.2. The van der Waals surface area contributed by atoms with Crippen molar-refractivity contribution in [2.75, 3.05) is 7.11 Å². The number of alkyl halides is 6. The molecular formula is C20H14F6O4. The first-order valence-electron chi connectivity index (χ1n) is 8.12. The molecule has 1 N–H and O–H groups in total. The van der Waals surface area contributed by atoms with Gasteiger partial charge in [-0.2, -0.15) is 26.3 Å². The molecule has 0 atom stereocenters. The number of carboxylic acids is 1.